The lowest BCUT2D eigenvalue weighted by Gasteiger charge is -2.04. The molecule has 0 N–H and O–H groups in total. The van der Waals surface area contributed by atoms with Crippen molar-refractivity contribution in [1.82, 2.24) is 14.6 Å². The zero-order valence-corrected chi connectivity index (χ0v) is 17.7. The Bertz CT molecular complexity index is 1050. The highest BCUT2D eigenvalue weighted by molar-refractivity contribution is 5.39. The van der Waals surface area contributed by atoms with E-state index in [1.165, 1.54) is 17.7 Å². The van der Waals surface area contributed by atoms with Crippen LogP contribution in [0.5, 0.6) is 0 Å². The summed E-state index contributed by atoms with van der Waals surface area (Å²) in [7, 11) is 0. The third kappa shape index (κ3) is 8.66. The number of rotatable bonds is 4. The summed E-state index contributed by atoms with van der Waals surface area (Å²) in [6.07, 6.45) is 13.3. The lowest BCUT2D eigenvalue weighted by molar-refractivity contribution is 0.574. The van der Waals surface area contributed by atoms with Gasteiger partial charge in [0.2, 0.25) is 0 Å². The van der Waals surface area contributed by atoms with Crippen molar-refractivity contribution in [1.29, 1.82) is 0 Å². The Morgan fingerprint density at radius 2 is 1.93 bits per heavy atom. The van der Waals surface area contributed by atoms with Gasteiger partial charge >= 0.3 is 0 Å². The summed E-state index contributed by atoms with van der Waals surface area (Å²) in [5.74, 6) is 1.44. The molecule has 0 aliphatic rings. The fourth-order valence-electron chi connectivity index (χ4n) is 2.27. The van der Waals surface area contributed by atoms with Gasteiger partial charge in [-0.15, -0.1) is 29.1 Å². The Morgan fingerprint density at radius 3 is 2.47 bits per heavy atom. The minimum atomic E-state index is -0.564. The van der Waals surface area contributed by atoms with E-state index in [-0.39, 0.29) is 0 Å². The van der Waals surface area contributed by atoms with Crippen LogP contribution >= 0.6 is 0 Å². The average molecular weight is 408 g/mol. The van der Waals surface area contributed by atoms with Crippen LogP contribution < -0.4 is 0 Å². The zero-order chi connectivity index (χ0) is 22.5. The second-order valence-corrected chi connectivity index (χ2v) is 6.70. The molecule has 0 unspecified atom stereocenters. The van der Waals surface area contributed by atoms with Crippen LogP contribution in [0.2, 0.25) is 0 Å². The molecule has 2 heterocycles. The number of pyridine rings is 1. The van der Waals surface area contributed by atoms with E-state index in [1.54, 1.807) is 16.8 Å². The first-order valence-corrected chi connectivity index (χ1v) is 9.36. The van der Waals surface area contributed by atoms with Crippen molar-refractivity contribution in [3.05, 3.63) is 102 Å². The summed E-state index contributed by atoms with van der Waals surface area (Å²) < 4.78 is 28.1. The van der Waals surface area contributed by atoms with Crippen LogP contribution in [-0.4, -0.2) is 14.6 Å². The first-order chi connectivity index (χ1) is 14.3. The number of allylic oxidation sites excluding steroid dienone is 4. The van der Waals surface area contributed by atoms with Gasteiger partial charge in [-0.3, -0.25) is 4.40 Å². The van der Waals surface area contributed by atoms with Gasteiger partial charge in [-0.25, -0.2) is 8.78 Å². The molecular weight excluding hydrogens is 380 g/mol. The summed E-state index contributed by atoms with van der Waals surface area (Å²) in [6, 6.07) is 7.28. The van der Waals surface area contributed by atoms with Crippen molar-refractivity contribution in [2.45, 2.75) is 33.6 Å². The molecule has 0 saturated heterocycles. The van der Waals surface area contributed by atoms with Crippen LogP contribution in [0.1, 0.15) is 38.3 Å². The molecule has 0 aliphatic carbocycles. The third-order valence-corrected chi connectivity index (χ3v) is 3.70. The molecular formula is C25H27F2N3. The van der Waals surface area contributed by atoms with Gasteiger partial charge in [-0.05, 0) is 49.6 Å². The molecule has 0 spiro atoms. The molecule has 3 rings (SSSR count). The molecule has 5 heteroatoms. The maximum atomic E-state index is 13.5. The second-order valence-electron chi connectivity index (χ2n) is 6.70. The molecule has 156 valence electrons. The van der Waals surface area contributed by atoms with Gasteiger partial charge in [0.1, 0.15) is 18.0 Å². The minimum Gasteiger partial charge on any atom is -0.289 e. The predicted molar refractivity (Wildman–Crippen MR) is 120 cm³/mol. The smallest absolute Gasteiger partial charge is 0.160 e. The summed E-state index contributed by atoms with van der Waals surface area (Å²) in [4.78, 5) is 0. The first kappa shape index (κ1) is 24.5. The summed E-state index contributed by atoms with van der Waals surface area (Å²) in [6.45, 7) is 13.0. The fraction of sp³-hybridized carbons (Fsp3) is 0.200. The quantitative estimate of drug-likeness (QED) is 0.288. The predicted octanol–water partition coefficient (Wildman–Crippen LogP) is 6.32. The highest BCUT2D eigenvalue weighted by Crippen LogP contribution is 2.15. The lowest BCUT2D eigenvalue weighted by Crippen LogP contribution is -1.95. The molecule has 3 aromatic rings. The van der Waals surface area contributed by atoms with Crippen LogP contribution in [-0.2, 0) is 6.42 Å². The molecule has 1 aromatic carbocycles. The van der Waals surface area contributed by atoms with Crippen LogP contribution in [0.15, 0.2) is 79.3 Å². The molecule has 0 radical (unpaired) electrons. The van der Waals surface area contributed by atoms with Gasteiger partial charge in [0.05, 0.1) is 0 Å². The SMILES string of the molecule is C#CC/C(C=C)=C\C.C=C(C)C.Fc1ccc(Cc2ccc3nncn3c2)c(F)c1. The number of nitrogens with zero attached hydrogens (tertiary/aromatic N) is 3. The molecule has 3 nitrogen and oxygen atoms in total. The van der Waals surface area contributed by atoms with Crippen molar-refractivity contribution in [2.75, 3.05) is 0 Å². The fourth-order valence-corrected chi connectivity index (χ4v) is 2.27. The average Bonchev–Trinajstić information content (AvgIpc) is 3.16. The molecule has 0 aliphatic heterocycles. The standard InChI is InChI=1S/C13H9F2N3.C8H10.C4H8/c14-11-3-2-10(12(15)6-11)5-9-1-4-13-17-16-8-18(13)7-9;1-4-7-8(5-2)6-3;1-4(2)3/h1-4,6-8H,5H2;1,5-6H,2,7H2,3H3;1H2,2-3H3/b;8-6-;. The largest absolute Gasteiger partial charge is 0.289 e. The van der Waals surface area contributed by atoms with E-state index >= 15 is 0 Å². The van der Waals surface area contributed by atoms with Gasteiger partial charge < -0.3 is 0 Å². The minimum absolute atomic E-state index is 0.403. The van der Waals surface area contributed by atoms with E-state index < -0.39 is 11.6 Å². The van der Waals surface area contributed by atoms with Gasteiger partial charge in [-0.1, -0.05) is 36.4 Å². The van der Waals surface area contributed by atoms with Gasteiger partial charge in [-0.2, -0.15) is 0 Å². The van der Waals surface area contributed by atoms with Gasteiger partial charge in [0.15, 0.2) is 5.65 Å². The summed E-state index contributed by atoms with van der Waals surface area (Å²) in [5, 5.41) is 7.65. The molecule has 0 amide bonds. The second kappa shape index (κ2) is 12.8. The van der Waals surface area contributed by atoms with Crippen LogP contribution in [0.3, 0.4) is 0 Å². The zero-order valence-electron chi connectivity index (χ0n) is 17.7. The first-order valence-electron chi connectivity index (χ1n) is 9.36. The maximum absolute atomic E-state index is 13.5. The van der Waals surface area contributed by atoms with E-state index in [0.29, 0.717) is 18.4 Å². The Kier molecular flexibility index (Phi) is 10.5. The van der Waals surface area contributed by atoms with E-state index in [9.17, 15) is 8.78 Å². The van der Waals surface area contributed by atoms with Gasteiger partial charge in [0, 0.05) is 25.1 Å². The van der Waals surface area contributed by atoms with Crippen molar-refractivity contribution in [3.8, 4) is 12.3 Å². The summed E-state index contributed by atoms with van der Waals surface area (Å²) >= 11 is 0. The number of terminal acetylenes is 1. The van der Waals surface area contributed by atoms with Crippen LogP contribution in [0.25, 0.3) is 5.65 Å². The maximum Gasteiger partial charge on any atom is 0.160 e. The Balaban J connectivity index is 0.000000315. The number of halogens is 2. The Hall–Kier alpha value is -3.52. The van der Waals surface area contributed by atoms with Crippen molar-refractivity contribution < 1.29 is 8.78 Å². The summed E-state index contributed by atoms with van der Waals surface area (Å²) in [5.41, 5.74) is 4.39. The molecule has 2 aromatic heterocycles. The Labute approximate surface area is 177 Å². The number of fused-ring (bicyclic) bond motifs is 1. The molecule has 0 bridgehead atoms. The van der Waals surface area contributed by atoms with Crippen molar-refractivity contribution >= 4 is 5.65 Å². The van der Waals surface area contributed by atoms with Crippen LogP contribution in [0.4, 0.5) is 8.78 Å². The topological polar surface area (TPSA) is 30.2 Å². The number of hydrogen-bond donors (Lipinski definition) is 0. The highest BCUT2D eigenvalue weighted by atomic mass is 19.1. The van der Waals surface area contributed by atoms with E-state index in [0.717, 1.165) is 22.9 Å². The van der Waals surface area contributed by atoms with E-state index in [2.05, 4.69) is 29.3 Å². The van der Waals surface area contributed by atoms with Crippen molar-refractivity contribution in [2.24, 2.45) is 0 Å². The number of aromatic nitrogens is 3. The Morgan fingerprint density at radius 1 is 1.23 bits per heavy atom. The van der Waals surface area contributed by atoms with Crippen molar-refractivity contribution in [3.63, 3.8) is 0 Å². The molecule has 0 atom stereocenters. The monoisotopic (exact) mass is 407 g/mol. The van der Waals surface area contributed by atoms with E-state index in [4.69, 9.17) is 6.42 Å². The normalized spacial score (nSPS) is 10.2. The number of benzene rings is 1. The van der Waals surface area contributed by atoms with Gasteiger partial charge in [0.25, 0.3) is 0 Å². The number of hydrogen-bond acceptors (Lipinski definition) is 2. The molecule has 0 saturated carbocycles. The lowest BCUT2D eigenvalue weighted by atomic mass is 10.1. The van der Waals surface area contributed by atoms with Crippen LogP contribution in [0, 0.1) is 24.0 Å². The highest BCUT2D eigenvalue weighted by Gasteiger charge is 2.05. The van der Waals surface area contributed by atoms with E-state index in [1.807, 2.05) is 45.2 Å². The molecule has 0 fully saturated rings. The third-order valence-electron chi connectivity index (χ3n) is 3.70. The molecule has 30 heavy (non-hydrogen) atoms.